The van der Waals surface area contributed by atoms with Gasteiger partial charge in [-0.2, -0.15) is 13.2 Å². The third-order valence-electron chi connectivity index (χ3n) is 5.16. The van der Waals surface area contributed by atoms with Gasteiger partial charge in [-0.25, -0.2) is 17.5 Å². The normalized spacial score (nSPS) is 23.0. The molecule has 0 aromatic heterocycles. The highest BCUT2D eigenvalue weighted by Crippen LogP contribution is 2.25. The second kappa shape index (κ2) is 9.14. The van der Waals surface area contributed by atoms with E-state index in [4.69, 9.17) is 9.47 Å². The Morgan fingerprint density at radius 3 is 2.25 bits per heavy atom. The highest BCUT2D eigenvalue weighted by molar-refractivity contribution is 7.89. The van der Waals surface area contributed by atoms with Gasteiger partial charge in [0.25, 0.3) is 5.91 Å². The molecule has 1 atom stereocenters. The number of amides is 3. The summed E-state index contributed by atoms with van der Waals surface area (Å²) in [7, 11) is -3.80. The summed E-state index contributed by atoms with van der Waals surface area (Å²) in [6.07, 6.45) is -4.73. The summed E-state index contributed by atoms with van der Waals surface area (Å²) in [5.74, 6) is -0.444. The van der Waals surface area contributed by atoms with Gasteiger partial charge in [0.1, 0.15) is 23.1 Å². The molecule has 0 unspecified atom stereocenters. The quantitative estimate of drug-likeness (QED) is 0.550. The van der Waals surface area contributed by atoms with Crippen LogP contribution in [0, 0.1) is 0 Å². The SMILES string of the molecule is C[C@]1(CS(=O)(=O)N2CCC(Oc3ccc(OCCC(F)(F)F)cc3)CC2)NC(=O)NC1=O. The first-order valence-corrected chi connectivity index (χ1v) is 11.5. The Balaban J connectivity index is 1.47. The minimum atomic E-state index is -4.28. The largest absolute Gasteiger partial charge is 0.493 e. The number of rotatable bonds is 8. The number of halogens is 3. The van der Waals surface area contributed by atoms with E-state index in [1.54, 1.807) is 12.1 Å². The maximum atomic E-state index is 12.7. The number of ether oxygens (including phenoxy) is 2. The lowest BCUT2D eigenvalue weighted by atomic mass is 10.1. The summed E-state index contributed by atoms with van der Waals surface area (Å²) >= 11 is 0. The zero-order valence-corrected chi connectivity index (χ0v) is 18.1. The van der Waals surface area contributed by atoms with Crippen LogP contribution in [0.3, 0.4) is 0 Å². The number of alkyl halides is 3. The third kappa shape index (κ3) is 6.25. The second-order valence-electron chi connectivity index (χ2n) is 7.90. The molecule has 2 saturated heterocycles. The first-order valence-electron chi connectivity index (χ1n) is 9.94. The molecule has 0 aliphatic carbocycles. The van der Waals surface area contributed by atoms with Gasteiger partial charge in [-0.3, -0.25) is 10.1 Å². The second-order valence-corrected chi connectivity index (χ2v) is 9.87. The highest BCUT2D eigenvalue weighted by atomic mass is 32.2. The number of imide groups is 1. The summed E-state index contributed by atoms with van der Waals surface area (Å²) in [6, 6.07) is 5.44. The molecule has 3 amide bonds. The van der Waals surface area contributed by atoms with Crippen LogP contribution in [0.15, 0.2) is 24.3 Å². The van der Waals surface area contributed by atoms with Gasteiger partial charge in [0, 0.05) is 13.1 Å². The van der Waals surface area contributed by atoms with Crippen LogP contribution in [0.4, 0.5) is 18.0 Å². The van der Waals surface area contributed by atoms with Crippen molar-refractivity contribution < 1.29 is 40.7 Å². The van der Waals surface area contributed by atoms with Gasteiger partial charge in [-0.05, 0) is 44.0 Å². The van der Waals surface area contributed by atoms with Crippen LogP contribution in [-0.4, -0.2) is 67.9 Å². The van der Waals surface area contributed by atoms with Crippen molar-refractivity contribution in [2.45, 2.75) is 44.0 Å². The summed E-state index contributed by atoms with van der Waals surface area (Å²) in [4.78, 5) is 23.2. The van der Waals surface area contributed by atoms with E-state index in [1.807, 2.05) is 5.32 Å². The molecule has 32 heavy (non-hydrogen) atoms. The van der Waals surface area contributed by atoms with Crippen LogP contribution in [0.25, 0.3) is 0 Å². The van der Waals surface area contributed by atoms with Crippen LogP contribution >= 0.6 is 0 Å². The predicted molar refractivity (Wildman–Crippen MR) is 107 cm³/mol. The lowest BCUT2D eigenvalue weighted by molar-refractivity contribution is -0.139. The van der Waals surface area contributed by atoms with Gasteiger partial charge in [0.2, 0.25) is 10.0 Å². The molecule has 0 radical (unpaired) electrons. The first kappa shape index (κ1) is 24.1. The lowest BCUT2D eigenvalue weighted by Gasteiger charge is -2.33. The van der Waals surface area contributed by atoms with Crippen LogP contribution in [0.2, 0.25) is 0 Å². The highest BCUT2D eigenvalue weighted by Gasteiger charge is 2.47. The Kier molecular flexibility index (Phi) is 6.89. The van der Waals surface area contributed by atoms with Crippen molar-refractivity contribution in [3.8, 4) is 11.5 Å². The Labute approximate surface area is 183 Å². The van der Waals surface area contributed by atoms with E-state index >= 15 is 0 Å². The predicted octanol–water partition coefficient (Wildman–Crippen LogP) is 1.79. The van der Waals surface area contributed by atoms with Crippen LogP contribution in [0.1, 0.15) is 26.2 Å². The molecule has 2 N–H and O–H groups in total. The zero-order valence-electron chi connectivity index (χ0n) is 17.3. The van der Waals surface area contributed by atoms with Crippen molar-refractivity contribution in [3.05, 3.63) is 24.3 Å². The minimum Gasteiger partial charge on any atom is -0.493 e. The molecule has 0 saturated carbocycles. The lowest BCUT2D eigenvalue weighted by Crippen LogP contribution is -2.53. The standard InChI is InChI=1S/C19H24F3N3O6S/c1-18(16(26)23-17(27)24-18)12-32(28,29)25-9-6-15(7-10-25)31-14-4-2-13(3-5-14)30-11-8-19(20,21)22/h2-5,15H,6-12H2,1H3,(H2,23,24,26,27)/t18-/m1/s1. The van der Waals surface area contributed by atoms with Gasteiger partial charge in [-0.1, -0.05) is 0 Å². The van der Waals surface area contributed by atoms with Crippen LogP contribution in [0.5, 0.6) is 11.5 Å². The molecule has 9 nitrogen and oxygen atoms in total. The first-order chi connectivity index (χ1) is 14.9. The fraction of sp³-hybridized carbons (Fsp3) is 0.579. The van der Waals surface area contributed by atoms with Crippen molar-refractivity contribution in [3.63, 3.8) is 0 Å². The van der Waals surface area contributed by atoms with E-state index in [0.29, 0.717) is 24.3 Å². The van der Waals surface area contributed by atoms with E-state index < -0.39 is 52.5 Å². The Bertz CT molecular complexity index is 946. The van der Waals surface area contributed by atoms with Crippen molar-refractivity contribution in [2.75, 3.05) is 25.4 Å². The van der Waals surface area contributed by atoms with Crippen molar-refractivity contribution in [1.82, 2.24) is 14.9 Å². The smallest absolute Gasteiger partial charge is 0.392 e. The fourth-order valence-corrected chi connectivity index (χ4v) is 5.34. The molecule has 3 rings (SSSR count). The van der Waals surface area contributed by atoms with Gasteiger partial charge >= 0.3 is 12.2 Å². The number of carbonyl (C=O) groups excluding carboxylic acids is 2. The molecule has 178 valence electrons. The zero-order chi connectivity index (χ0) is 23.6. The molecule has 1 aromatic carbocycles. The third-order valence-corrected chi connectivity index (χ3v) is 7.26. The number of urea groups is 1. The fourth-order valence-electron chi connectivity index (χ4n) is 3.46. The molecule has 0 bridgehead atoms. The number of nitrogens with zero attached hydrogens (tertiary/aromatic N) is 1. The van der Waals surface area contributed by atoms with Crippen LogP contribution < -0.4 is 20.1 Å². The number of hydrogen-bond donors (Lipinski definition) is 2. The average Bonchev–Trinajstić information content (AvgIpc) is 2.93. The van der Waals surface area contributed by atoms with Crippen molar-refractivity contribution in [2.24, 2.45) is 0 Å². The topological polar surface area (TPSA) is 114 Å². The van der Waals surface area contributed by atoms with Crippen molar-refractivity contribution in [1.29, 1.82) is 0 Å². The minimum absolute atomic E-state index is 0.192. The van der Waals surface area contributed by atoms with Crippen LogP contribution in [-0.2, 0) is 14.8 Å². The van der Waals surface area contributed by atoms with E-state index in [1.165, 1.54) is 23.4 Å². The Hall–Kier alpha value is -2.54. The van der Waals surface area contributed by atoms with E-state index in [-0.39, 0.29) is 19.2 Å². The van der Waals surface area contributed by atoms with E-state index in [2.05, 4.69) is 5.32 Å². The maximum absolute atomic E-state index is 12.7. The molecule has 2 aliphatic heterocycles. The van der Waals surface area contributed by atoms with Gasteiger partial charge in [-0.15, -0.1) is 0 Å². The van der Waals surface area contributed by atoms with Crippen molar-refractivity contribution >= 4 is 22.0 Å². The molecule has 1 aromatic rings. The molecule has 0 spiro atoms. The summed E-state index contributed by atoms with van der Waals surface area (Å²) in [5.41, 5.74) is -1.52. The number of carbonyl (C=O) groups is 2. The molecular weight excluding hydrogens is 455 g/mol. The average molecular weight is 479 g/mol. The van der Waals surface area contributed by atoms with E-state index in [9.17, 15) is 31.2 Å². The summed E-state index contributed by atoms with van der Waals surface area (Å²) < 4.78 is 74.1. The molecule has 13 heteroatoms. The Morgan fingerprint density at radius 2 is 1.72 bits per heavy atom. The van der Waals surface area contributed by atoms with E-state index in [0.717, 1.165) is 0 Å². The maximum Gasteiger partial charge on any atom is 0.392 e. The summed E-state index contributed by atoms with van der Waals surface area (Å²) in [5, 5.41) is 4.38. The number of piperidine rings is 1. The molecule has 2 heterocycles. The Morgan fingerprint density at radius 1 is 1.12 bits per heavy atom. The monoisotopic (exact) mass is 479 g/mol. The van der Waals surface area contributed by atoms with Gasteiger partial charge in [0.05, 0.1) is 18.8 Å². The van der Waals surface area contributed by atoms with Gasteiger partial charge < -0.3 is 14.8 Å². The summed E-state index contributed by atoms with van der Waals surface area (Å²) in [6.45, 7) is 1.27. The number of sulfonamides is 1. The molecular formula is C19H24F3N3O6S. The molecule has 2 fully saturated rings. The van der Waals surface area contributed by atoms with Gasteiger partial charge in [0.15, 0.2) is 0 Å². The molecule has 2 aliphatic rings. The number of nitrogens with one attached hydrogen (secondary N) is 2. The number of hydrogen-bond acceptors (Lipinski definition) is 6. The number of benzene rings is 1.